The van der Waals surface area contributed by atoms with E-state index in [2.05, 4.69) is 25.6 Å². The Morgan fingerprint density at radius 1 is 1.06 bits per heavy atom. The van der Waals surface area contributed by atoms with Crippen molar-refractivity contribution in [3.05, 3.63) is 64.8 Å². The summed E-state index contributed by atoms with van der Waals surface area (Å²) in [5.74, 6) is 1.55. The quantitative estimate of drug-likeness (QED) is 0.347. The number of ketones is 1. The first-order valence-corrected chi connectivity index (χ1v) is 14.9. The zero-order valence-corrected chi connectivity index (χ0v) is 22.6. The number of benzene rings is 1. The molecule has 6 heteroatoms. The van der Waals surface area contributed by atoms with Crippen molar-refractivity contribution in [3.8, 4) is 0 Å². The second kappa shape index (κ2) is 8.63. The Kier molecular flexibility index (Phi) is 5.88. The van der Waals surface area contributed by atoms with E-state index in [1.165, 1.54) is 42.9 Å². The molecule has 5 aliphatic rings. The zero-order chi connectivity index (χ0) is 25.3. The average Bonchev–Trinajstić information content (AvgIpc) is 3.42. The predicted octanol–water partition coefficient (Wildman–Crippen LogP) is 6.41. The van der Waals surface area contributed by atoms with Gasteiger partial charge in [-0.25, -0.2) is 0 Å². The maximum absolute atomic E-state index is 13.0. The molecule has 1 saturated heterocycles. The smallest absolute Gasteiger partial charge is 0.360 e. The summed E-state index contributed by atoms with van der Waals surface area (Å²) in [5, 5.41) is 0.572. The Labute approximate surface area is 214 Å². The molecule has 0 amide bonds. The van der Waals surface area contributed by atoms with Gasteiger partial charge in [0.25, 0.3) is 0 Å². The van der Waals surface area contributed by atoms with E-state index in [1.54, 1.807) is 5.57 Å². The number of rotatable bonds is 4. The Hall–Kier alpha value is -1.78. The topological polar surface area (TPSA) is 61.8 Å². The molecule has 1 aromatic carbocycles. The first-order chi connectivity index (χ1) is 17.3. The number of hydrogen-bond donors (Lipinski definition) is 0. The van der Waals surface area contributed by atoms with Gasteiger partial charge in [-0.2, -0.15) is 0 Å². The summed E-state index contributed by atoms with van der Waals surface area (Å²) >= 11 is 0. The average molecular weight is 509 g/mol. The van der Waals surface area contributed by atoms with E-state index in [4.69, 9.17) is 13.8 Å². The van der Waals surface area contributed by atoms with Crippen LogP contribution >= 0.6 is 7.60 Å². The molecule has 1 unspecified atom stereocenters. The highest BCUT2D eigenvalue weighted by molar-refractivity contribution is 7.62. The summed E-state index contributed by atoms with van der Waals surface area (Å²) < 4.78 is 30.1. The first-order valence-electron chi connectivity index (χ1n) is 13.4. The standard InChI is InChI=1S/C30H37O5P/c1-19-14-16-35-30(19)15-13-27-25-11-7-21-17-22(31)8-12-24(21)28(25)26(18-29(27,30)2)20-5-9-23(10-6-20)36(32,33-3)34-4/h5-6,9-10,17,25-27H,1,7-8,11-16,18H2,2-4H3/t25?,26-,27+,29+,30-/m1/s1. The molecule has 1 aromatic rings. The van der Waals surface area contributed by atoms with Gasteiger partial charge in [-0.15, -0.1) is 0 Å². The Balaban J connectivity index is 1.49. The first kappa shape index (κ1) is 24.6. The lowest BCUT2D eigenvalue weighted by Gasteiger charge is -2.55. The molecule has 3 fully saturated rings. The van der Waals surface area contributed by atoms with Crippen molar-refractivity contribution < 1.29 is 23.1 Å². The molecule has 36 heavy (non-hydrogen) atoms. The minimum Gasteiger partial charge on any atom is -0.370 e. The van der Waals surface area contributed by atoms with Crippen LogP contribution in [0, 0.1) is 17.3 Å². The Bertz CT molecular complexity index is 1220. The maximum atomic E-state index is 13.0. The molecule has 0 radical (unpaired) electrons. The minimum atomic E-state index is -3.30. The van der Waals surface area contributed by atoms with Crippen LogP contribution in [-0.4, -0.2) is 32.2 Å². The predicted molar refractivity (Wildman–Crippen MR) is 140 cm³/mol. The van der Waals surface area contributed by atoms with Crippen molar-refractivity contribution in [1.82, 2.24) is 0 Å². The van der Waals surface area contributed by atoms with Crippen molar-refractivity contribution in [3.63, 3.8) is 0 Å². The van der Waals surface area contributed by atoms with E-state index in [0.29, 0.717) is 23.6 Å². The lowest BCUT2D eigenvalue weighted by Crippen LogP contribution is -2.52. The van der Waals surface area contributed by atoms with Crippen molar-refractivity contribution in [2.75, 3.05) is 20.8 Å². The fourth-order valence-corrected chi connectivity index (χ4v) is 9.68. The second-order valence-electron chi connectivity index (χ2n) is 11.5. The summed E-state index contributed by atoms with van der Waals surface area (Å²) in [6.45, 7) is 7.75. The van der Waals surface area contributed by atoms with E-state index in [9.17, 15) is 9.36 Å². The molecule has 192 valence electrons. The van der Waals surface area contributed by atoms with Gasteiger partial charge in [-0.1, -0.05) is 31.2 Å². The molecule has 2 saturated carbocycles. The summed E-state index contributed by atoms with van der Waals surface area (Å²) in [6, 6.07) is 8.02. The van der Waals surface area contributed by atoms with Crippen molar-refractivity contribution in [1.29, 1.82) is 0 Å². The summed E-state index contributed by atoms with van der Waals surface area (Å²) in [6.07, 6.45) is 9.65. The second-order valence-corrected chi connectivity index (χ2v) is 13.8. The van der Waals surface area contributed by atoms with Crippen LogP contribution in [0.1, 0.15) is 69.8 Å². The Morgan fingerprint density at radius 3 is 2.47 bits per heavy atom. The fourth-order valence-electron chi connectivity index (χ4n) is 8.59. The number of fused-ring (bicyclic) bond motifs is 5. The van der Waals surface area contributed by atoms with E-state index in [1.807, 2.05) is 18.2 Å². The van der Waals surface area contributed by atoms with Crippen LogP contribution in [0.5, 0.6) is 0 Å². The molecule has 4 aliphatic carbocycles. The molecule has 0 aromatic heterocycles. The van der Waals surface area contributed by atoms with Crippen LogP contribution in [0.3, 0.4) is 0 Å². The van der Waals surface area contributed by atoms with E-state index < -0.39 is 7.60 Å². The van der Waals surface area contributed by atoms with Crippen LogP contribution in [0.4, 0.5) is 0 Å². The highest BCUT2D eigenvalue weighted by Crippen LogP contribution is 2.70. The van der Waals surface area contributed by atoms with Gasteiger partial charge in [0, 0.05) is 32.0 Å². The van der Waals surface area contributed by atoms with Crippen LogP contribution in [0.2, 0.25) is 0 Å². The molecule has 1 spiro atoms. The van der Waals surface area contributed by atoms with Crippen LogP contribution in [-0.2, 0) is 23.1 Å². The number of ether oxygens (including phenoxy) is 1. The molecule has 6 rings (SSSR count). The number of carbonyl (C=O) groups is 1. The molecule has 1 aliphatic heterocycles. The SMILES string of the molecule is C=C1CCO[C@]12CC[C@H]1C3CCC4=CC(=O)CCC4=C3[C@@H](c3ccc(P(=O)(OC)OC)cc3)C[C@@]12C. The highest BCUT2D eigenvalue weighted by atomic mass is 31.2. The Morgan fingerprint density at radius 2 is 1.81 bits per heavy atom. The summed E-state index contributed by atoms with van der Waals surface area (Å²) in [4.78, 5) is 12.3. The maximum Gasteiger partial charge on any atom is 0.360 e. The largest absolute Gasteiger partial charge is 0.370 e. The van der Waals surface area contributed by atoms with Gasteiger partial charge in [0.05, 0.1) is 17.5 Å². The summed E-state index contributed by atoms with van der Waals surface area (Å²) in [7, 11) is -0.460. The number of carbonyl (C=O) groups excluding carboxylic acids is 1. The third-order valence-corrected chi connectivity index (χ3v) is 12.2. The normalized spacial score (nSPS) is 36.1. The van der Waals surface area contributed by atoms with Gasteiger partial charge >= 0.3 is 7.60 Å². The van der Waals surface area contributed by atoms with E-state index >= 15 is 0 Å². The highest BCUT2D eigenvalue weighted by Gasteiger charge is 2.65. The van der Waals surface area contributed by atoms with Gasteiger partial charge in [-0.05, 0) is 97.3 Å². The van der Waals surface area contributed by atoms with Gasteiger partial charge in [0.15, 0.2) is 5.78 Å². The third-order valence-electron chi connectivity index (χ3n) is 10.3. The lowest BCUT2D eigenvalue weighted by molar-refractivity contribution is -0.114. The van der Waals surface area contributed by atoms with Crippen molar-refractivity contribution >= 4 is 18.7 Å². The molecule has 0 N–H and O–H groups in total. The molecule has 5 atom stereocenters. The lowest BCUT2D eigenvalue weighted by atomic mass is 9.50. The van der Waals surface area contributed by atoms with Gasteiger partial charge in [0.2, 0.25) is 0 Å². The minimum absolute atomic E-state index is 0.0126. The molecule has 1 heterocycles. The monoisotopic (exact) mass is 508 g/mol. The third kappa shape index (κ3) is 3.32. The number of allylic oxidation sites excluding steroid dienone is 4. The van der Waals surface area contributed by atoms with E-state index in [-0.39, 0.29) is 22.7 Å². The van der Waals surface area contributed by atoms with Crippen molar-refractivity contribution in [2.45, 2.75) is 69.8 Å². The van der Waals surface area contributed by atoms with Crippen LogP contribution in [0.25, 0.3) is 0 Å². The van der Waals surface area contributed by atoms with Crippen molar-refractivity contribution in [2.24, 2.45) is 17.3 Å². The van der Waals surface area contributed by atoms with Gasteiger partial charge in [0.1, 0.15) is 0 Å². The summed E-state index contributed by atoms with van der Waals surface area (Å²) in [5.41, 5.74) is 6.55. The zero-order valence-electron chi connectivity index (χ0n) is 21.7. The van der Waals surface area contributed by atoms with E-state index in [0.717, 1.165) is 45.1 Å². The molecule has 0 bridgehead atoms. The van der Waals surface area contributed by atoms with Gasteiger partial charge in [-0.3, -0.25) is 9.36 Å². The number of hydrogen-bond acceptors (Lipinski definition) is 5. The van der Waals surface area contributed by atoms with Crippen LogP contribution in [0.15, 0.2) is 59.2 Å². The van der Waals surface area contributed by atoms with Gasteiger partial charge < -0.3 is 13.8 Å². The van der Waals surface area contributed by atoms with Crippen LogP contribution < -0.4 is 5.30 Å². The fraction of sp³-hybridized carbons (Fsp3) is 0.567. The molecular weight excluding hydrogens is 471 g/mol. The molecular formula is C30H37O5P. The molecule has 5 nitrogen and oxygen atoms in total.